The minimum Gasteiger partial charge on any atom is -0.406 e. The Morgan fingerprint density at radius 3 is 2.19 bits per heavy atom. The smallest absolute Gasteiger partial charge is 0.406 e. The van der Waals surface area contributed by atoms with Crippen molar-refractivity contribution < 1.29 is 32.3 Å². The first kappa shape index (κ1) is 21.1. The van der Waals surface area contributed by atoms with E-state index in [2.05, 4.69) is 10.1 Å². The normalized spacial score (nSPS) is 13.2. The van der Waals surface area contributed by atoms with E-state index in [-0.39, 0.29) is 28.9 Å². The summed E-state index contributed by atoms with van der Waals surface area (Å²) in [7, 11) is 0. The molecule has 32 heavy (non-hydrogen) atoms. The maximum absolute atomic E-state index is 12.8. The summed E-state index contributed by atoms with van der Waals surface area (Å²) in [6.45, 7) is 0.112. The molecule has 0 saturated carbocycles. The molecule has 3 amide bonds. The van der Waals surface area contributed by atoms with Crippen molar-refractivity contribution in [3.05, 3.63) is 95.1 Å². The van der Waals surface area contributed by atoms with Crippen molar-refractivity contribution in [2.75, 3.05) is 5.32 Å². The Morgan fingerprint density at radius 2 is 1.53 bits per heavy atom. The zero-order valence-electron chi connectivity index (χ0n) is 16.3. The summed E-state index contributed by atoms with van der Waals surface area (Å²) < 4.78 is 40.5. The van der Waals surface area contributed by atoms with Gasteiger partial charge in [-0.1, -0.05) is 30.3 Å². The first-order valence-electron chi connectivity index (χ1n) is 9.42. The summed E-state index contributed by atoms with van der Waals surface area (Å²) in [5.41, 5.74) is 1.47. The summed E-state index contributed by atoms with van der Waals surface area (Å²) in [6.07, 6.45) is -4.81. The lowest BCUT2D eigenvalue weighted by atomic mass is 10.1. The number of amides is 3. The van der Waals surface area contributed by atoms with Gasteiger partial charge in [0.15, 0.2) is 0 Å². The van der Waals surface area contributed by atoms with Crippen molar-refractivity contribution >= 4 is 23.4 Å². The molecular weight excluding hydrogens is 425 g/mol. The van der Waals surface area contributed by atoms with Gasteiger partial charge in [-0.05, 0) is 48.0 Å². The summed E-state index contributed by atoms with van der Waals surface area (Å²) >= 11 is 0. The predicted molar refractivity (Wildman–Crippen MR) is 108 cm³/mol. The van der Waals surface area contributed by atoms with Crippen LogP contribution in [0.15, 0.2) is 72.8 Å². The largest absolute Gasteiger partial charge is 0.573 e. The second kappa shape index (κ2) is 8.18. The van der Waals surface area contributed by atoms with Crippen molar-refractivity contribution in [3.63, 3.8) is 0 Å². The number of anilines is 1. The third kappa shape index (κ3) is 4.46. The van der Waals surface area contributed by atoms with Gasteiger partial charge >= 0.3 is 6.36 Å². The standard InChI is InChI=1S/C23H15F3N2O4/c24-23(25,26)32-17-9-7-16(8-10-17)27-20(29)15-6-11-18-19(12-15)22(31)28(21(18)30)13-14-4-2-1-3-5-14/h1-12H,13H2,(H,27,29). The fourth-order valence-corrected chi connectivity index (χ4v) is 3.28. The molecule has 1 heterocycles. The van der Waals surface area contributed by atoms with E-state index >= 15 is 0 Å². The first-order valence-corrected chi connectivity index (χ1v) is 9.42. The highest BCUT2D eigenvalue weighted by molar-refractivity contribution is 6.22. The quantitative estimate of drug-likeness (QED) is 0.587. The van der Waals surface area contributed by atoms with Gasteiger partial charge in [-0.25, -0.2) is 0 Å². The number of alkyl halides is 3. The molecule has 0 saturated heterocycles. The van der Waals surface area contributed by atoms with E-state index in [0.29, 0.717) is 0 Å². The van der Waals surface area contributed by atoms with E-state index in [1.165, 1.54) is 30.3 Å². The zero-order valence-corrected chi connectivity index (χ0v) is 16.3. The molecule has 0 atom stereocenters. The van der Waals surface area contributed by atoms with Gasteiger partial charge in [0.25, 0.3) is 17.7 Å². The minimum absolute atomic E-state index is 0.112. The number of carbonyl (C=O) groups excluding carboxylic acids is 3. The third-order valence-electron chi connectivity index (χ3n) is 4.76. The number of carbonyl (C=O) groups is 3. The van der Waals surface area contributed by atoms with Crippen LogP contribution in [-0.4, -0.2) is 29.0 Å². The maximum Gasteiger partial charge on any atom is 0.573 e. The number of nitrogens with zero attached hydrogens (tertiary/aromatic N) is 1. The van der Waals surface area contributed by atoms with Crippen LogP contribution in [0, 0.1) is 0 Å². The Bertz CT molecular complexity index is 1190. The molecule has 0 aliphatic carbocycles. The molecule has 0 aromatic heterocycles. The fourth-order valence-electron chi connectivity index (χ4n) is 3.28. The summed E-state index contributed by atoms with van der Waals surface area (Å²) in [5, 5.41) is 2.53. The Hall–Kier alpha value is -4.14. The molecule has 3 aromatic rings. The number of hydrogen-bond acceptors (Lipinski definition) is 4. The lowest BCUT2D eigenvalue weighted by Crippen LogP contribution is -2.29. The van der Waals surface area contributed by atoms with Crippen LogP contribution in [-0.2, 0) is 6.54 Å². The molecule has 3 aromatic carbocycles. The number of halogens is 3. The monoisotopic (exact) mass is 440 g/mol. The zero-order chi connectivity index (χ0) is 22.9. The minimum atomic E-state index is -4.81. The van der Waals surface area contributed by atoms with Crippen molar-refractivity contribution in [1.82, 2.24) is 4.90 Å². The number of rotatable bonds is 5. The lowest BCUT2D eigenvalue weighted by Gasteiger charge is -2.13. The van der Waals surface area contributed by atoms with Crippen molar-refractivity contribution in [2.24, 2.45) is 0 Å². The first-order chi connectivity index (χ1) is 15.2. The van der Waals surface area contributed by atoms with E-state index in [4.69, 9.17) is 0 Å². The van der Waals surface area contributed by atoms with Crippen molar-refractivity contribution in [3.8, 4) is 5.75 Å². The molecule has 0 spiro atoms. The van der Waals surface area contributed by atoms with Gasteiger partial charge in [0, 0.05) is 11.3 Å². The van der Waals surface area contributed by atoms with E-state index < -0.39 is 29.8 Å². The molecular formula is C23H15F3N2O4. The van der Waals surface area contributed by atoms with E-state index in [9.17, 15) is 27.6 Å². The summed E-state index contributed by atoms with van der Waals surface area (Å²) in [6, 6.07) is 17.8. The molecule has 4 rings (SSSR count). The third-order valence-corrected chi connectivity index (χ3v) is 4.76. The van der Waals surface area contributed by atoms with Crippen LogP contribution < -0.4 is 10.1 Å². The van der Waals surface area contributed by atoms with Crippen molar-refractivity contribution in [2.45, 2.75) is 12.9 Å². The van der Waals surface area contributed by atoms with Gasteiger partial charge in [0.05, 0.1) is 17.7 Å². The fraction of sp³-hybridized carbons (Fsp3) is 0.0870. The number of nitrogens with one attached hydrogen (secondary N) is 1. The van der Waals surface area contributed by atoms with Crippen LogP contribution in [0.4, 0.5) is 18.9 Å². The van der Waals surface area contributed by atoms with Gasteiger partial charge in [-0.15, -0.1) is 13.2 Å². The van der Waals surface area contributed by atoms with E-state index in [0.717, 1.165) is 22.6 Å². The molecule has 0 bridgehead atoms. The van der Waals surface area contributed by atoms with E-state index in [1.807, 2.05) is 6.07 Å². The van der Waals surface area contributed by atoms with Gasteiger partial charge in [-0.2, -0.15) is 0 Å². The second-order valence-electron chi connectivity index (χ2n) is 6.97. The number of imide groups is 1. The number of fused-ring (bicyclic) bond motifs is 1. The molecule has 1 N–H and O–H groups in total. The number of hydrogen-bond donors (Lipinski definition) is 1. The predicted octanol–water partition coefficient (Wildman–Crippen LogP) is 4.63. The number of benzene rings is 3. The van der Waals surface area contributed by atoms with Crippen LogP contribution in [0.25, 0.3) is 0 Å². The molecule has 0 radical (unpaired) electrons. The molecule has 9 heteroatoms. The molecule has 1 aliphatic rings. The average Bonchev–Trinajstić information content (AvgIpc) is 2.99. The van der Waals surface area contributed by atoms with Crippen molar-refractivity contribution in [1.29, 1.82) is 0 Å². The highest BCUT2D eigenvalue weighted by Crippen LogP contribution is 2.27. The highest BCUT2D eigenvalue weighted by atomic mass is 19.4. The van der Waals surface area contributed by atoms with Crippen LogP contribution in [0.5, 0.6) is 5.75 Å². The topological polar surface area (TPSA) is 75.7 Å². The van der Waals surface area contributed by atoms with Gasteiger partial charge in [-0.3, -0.25) is 19.3 Å². The average molecular weight is 440 g/mol. The summed E-state index contributed by atoms with van der Waals surface area (Å²) in [5.74, 6) is -1.95. The van der Waals surface area contributed by atoms with Crippen LogP contribution in [0.3, 0.4) is 0 Å². The van der Waals surface area contributed by atoms with Crippen LogP contribution in [0.1, 0.15) is 36.6 Å². The molecule has 6 nitrogen and oxygen atoms in total. The summed E-state index contributed by atoms with van der Waals surface area (Å²) in [4.78, 5) is 39.1. The van der Waals surface area contributed by atoms with Gasteiger partial charge in [0.2, 0.25) is 0 Å². The Balaban J connectivity index is 1.48. The number of ether oxygens (including phenoxy) is 1. The lowest BCUT2D eigenvalue weighted by molar-refractivity contribution is -0.274. The van der Waals surface area contributed by atoms with Gasteiger partial charge in [0.1, 0.15) is 5.75 Å². The SMILES string of the molecule is O=C(Nc1ccc(OC(F)(F)F)cc1)c1ccc2c(c1)C(=O)N(Cc1ccccc1)C2=O. The molecule has 0 fully saturated rings. The van der Waals surface area contributed by atoms with E-state index in [1.54, 1.807) is 24.3 Å². The maximum atomic E-state index is 12.8. The molecule has 1 aliphatic heterocycles. The second-order valence-corrected chi connectivity index (χ2v) is 6.97. The Morgan fingerprint density at radius 1 is 0.875 bits per heavy atom. The molecule has 162 valence electrons. The van der Waals surface area contributed by atoms with Crippen LogP contribution >= 0.6 is 0 Å². The van der Waals surface area contributed by atoms with Gasteiger partial charge < -0.3 is 10.1 Å². The Kier molecular flexibility index (Phi) is 5.40. The molecule has 0 unspecified atom stereocenters. The van der Waals surface area contributed by atoms with Crippen LogP contribution in [0.2, 0.25) is 0 Å². The Labute approximate surface area is 180 Å². The highest BCUT2D eigenvalue weighted by Gasteiger charge is 2.36.